The average Bonchev–Trinajstić information content (AvgIpc) is 2.84. The van der Waals surface area contributed by atoms with Crippen LogP contribution in [0.3, 0.4) is 0 Å². The number of aryl methyl sites for hydroxylation is 1. The van der Waals surface area contributed by atoms with Gasteiger partial charge in [0.05, 0.1) is 10.2 Å². The number of amides is 1. The number of carbonyl (C=O) groups is 1. The van der Waals surface area contributed by atoms with Crippen LogP contribution in [0.5, 0.6) is 5.75 Å². The summed E-state index contributed by atoms with van der Waals surface area (Å²) in [6.07, 6.45) is 0. The highest BCUT2D eigenvalue weighted by atomic mass is 32.1. The first-order valence-corrected chi connectivity index (χ1v) is 7.55. The molecule has 0 aliphatic rings. The number of fused-ring (bicyclic) bond motifs is 1. The van der Waals surface area contributed by atoms with Gasteiger partial charge in [-0.15, -0.1) is 0 Å². The Bertz CT molecular complexity index is 914. The van der Waals surface area contributed by atoms with E-state index in [9.17, 15) is 13.6 Å². The van der Waals surface area contributed by atoms with Crippen molar-refractivity contribution in [1.29, 1.82) is 0 Å². The summed E-state index contributed by atoms with van der Waals surface area (Å²) in [6.45, 7) is -2.89. The van der Waals surface area contributed by atoms with Crippen molar-refractivity contribution in [2.45, 2.75) is 6.61 Å². The van der Waals surface area contributed by atoms with Gasteiger partial charge in [-0.2, -0.15) is 13.8 Å². The molecule has 0 bridgehead atoms. The Kier molecular flexibility index (Phi) is 4.20. The first kappa shape index (κ1) is 15.4. The molecule has 0 saturated carbocycles. The summed E-state index contributed by atoms with van der Waals surface area (Å²) in [5.74, 6) is -0.431. The number of ether oxygens (including phenoxy) is 1. The molecule has 0 N–H and O–H groups in total. The Hall–Kier alpha value is -2.54. The van der Waals surface area contributed by atoms with Crippen molar-refractivity contribution < 1.29 is 18.3 Å². The van der Waals surface area contributed by atoms with Gasteiger partial charge in [0.15, 0.2) is 4.80 Å². The maximum absolute atomic E-state index is 12.2. The number of rotatable bonds is 3. The molecule has 0 unspecified atom stereocenters. The van der Waals surface area contributed by atoms with Crippen LogP contribution in [0.25, 0.3) is 10.2 Å². The maximum atomic E-state index is 12.2. The maximum Gasteiger partial charge on any atom is 0.387 e. The second-order valence-corrected chi connectivity index (χ2v) is 5.74. The molecule has 0 spiro atoms. The lowest BCUT2D eigenvalue weighted by Gasteiger charge is -2.03. The highest BCUT2D eigenvalue weighted by molar-refractivity contribution is 7.16. The van der Waals surface area contributed by atoms with Gasteiger partial charge >= 0.3 is 6.61 Å². The largest absolute Gasteiger partial charge is 0.435 e. The molecular weight excluding hydrogens is 322 g/mol. The summed E-state index contributed by atoms with van der Waals surface area (Å²) in [5, 5.41) is 0. The average molecular weight is 334 g/mol. The molecule has 1 amide bonds. The number of alkyl halides is 2. The van der Waals surface area contributed by atoms with Crippen molar-refractivity contribution in [2.24, 2.45) is 12.0 Å². The Balaban J connectivity index is 1.92. The third kappa shape index (κ3) is 3.29. The van der Waals surface area contributed by atoms with E-state index in [1.165, 1.54) is 35.6 Å². The van der Waals surface area contributed by atoms with Crippen molar-refractivity contribution in [3.05, 3.63) is 58.9 Å². The zero-order chi connectivity index (χ0) is 16.4. The number of carbonyl (C=O) groups excluding carboxylic acids is 1. The summed E-state index contributed by atoms with van der Waals surface area (Å²) < 4.78 is 31.3. The second-order valence-electron chi connectivity index (χ2n) is 4.73. The molecule has 3 aromatic rings. The molecule has 0 saturated heterocycles. The van der Waals surface area contributed by atoms with Crippen LogP contribution in [0.15, 0.2) is 53.5 Å². The number of benzene rings is 2. The van der Waals surface area contributed by atoms with Crippen molar-refractivity contribution in [3.63, 3.8) is 0 Å². The topological polar surface area (TPSA) is 43.6 Å². The quantitative estimate of drug-likeness (QED) is 0.735. The molecule has 23 heavy (non-hydrogen) atoms. The SMILES string of the molecule is Cn1c(=NC(=O)c2ccc(OC(F)F)cc2)sc2ccccc21. The van der Waals surface area contributed by atoms with E-state index in [0.717, 1.165) is 10.2 Å². The number of halogens is 2. The van der Waals surface area contributed by atoms with Gasteiger partial charge in [0.25, 0.3) is 5.91 Å². The molecule has 1 heterocycles. The van der Waals surface area contributed by atoms with Crippen LogP contribution >= 0.6 is 11.3 Å². The molecule has 4 nitrogen and oxygen atoms in total. The number of thiazole rings is 1. The third-order valence-corrected chi connectivity index (χ3v) is 4.35. The highest BCUT2D eigenvalue weighted by Gasteiger charge is 2.09. The minimum atomic E-state index is -2.89. The molecule has 0 fully saturated rings. The van der Waals surface area contributed by atoms with Gasteiger partial charge in [-0.3, -0.25) is 4.79 Å². The Morgan fingerprint density at radius 3 is 2.52 bits per heavy atom. The van der Waals surface area contributed by atoms with E-state index in [4.69, 9.17) is 0 Å². The predicted molar refractivity (Wildman–Crippen MR) is 83.8 cm³/mol. The van der Waals surface area contributed by atoms with Crippen LogP contribution in [0.4, 0.5) is 8.78 Å². The van der Waals surface area contributed by atoms with Gasteiger partial charge in [-0.25, -0.2) is 0 Å². The standard InChI is InChI=1S/C16H12F2N2O2S/c1-20-12-4-2-3-5-13(12)23-16(20)19-14(21)10-6-8-11(9-7-10)22-15(17)18/h2-9,15H,1H3. The molecule has 0 atom stereocenters. The molecular formula is C16H12F2N2O2S. The molecule has 2 aromatic carbocycles. The summed E-state index contributed by atoms with van der Waals surface area (Å²) in [6, 6.07) is 13.2. The second kappa shape index (κ2) is 6.29. The fraction of sp³-hybridized carbons (Fsp3) is 0.125. The highest BCUT2D eigenvalue weighted by Crippen LogP contribution is 2.17. The molecule has 3 rings (SSSR count). The predicted octanol–water partition coefficient (Wildman–Crippen LogP) is 3.58. The van der Waals surface area contributed by atoms with Crippen LogP contribution in [0, 0.1) is 0 Å². The fourth-order valence-electron chi connectivity index (χ4n) is 2.12. The van der Waals surface area contributed by atoms with Gasteiger partial charge in [0, 0.05) is 12.6 Å². The minimum absolute atomic E-state index is 0.00367. The monoisotopic (exact) mass is 334 g/mol. The van der Waals surface area contributed by atoms with Crippen LogP contribution in [-0.2, 0) is 7.05 Å². The normalized spacial score (nSPS) is 12.1. The third-order valence-electron chi connectivity index (χ3n) is 3.24. The Morgan fingerprint density at radius 2 is 1.87 bits per heavy atom. The zero-order valence-corrected chi connectivity index (χ0v) is 12.9. The lowest BCUT2D eigenvalue weighted by atomic mass is 10.2. The fourth-order valence-corrected chi connectivity index (χ4v) is 3.14. The Labute approximate surface area is 134 Å². The van der Waals surface area contributed by atoms with E-state index in [1.807, 2.05) is 35.9 Å². The van der Waals surface area contributed by atoms with E-state index < -0.39 is 12.5 Å². The van der Waals surface area contributed by atoms with Crippen molar-refractivity contribution in [3.8, 4) is 5.75 Å². The van der Waals surface area contributed by atoms with E-state index in [-0.39, 0.29) is 5.75 Å². The molecule has 7 heteroatoms. The summed E-state index contributed by atoms with van der Waals surface area (Å²) in [5.41, 5.74) is 1.30. The van der Waals surface area contributed by atoms with Crippen LogP contribution in [0.1, 0.15) is 10.4 Å². The van der Waals surface area contributed by atoms with Gasteiger partial charge in [-0.1, -0.05) is 23.5 Å². The number of nitrogens with zero attached hydrogens (tertiary/aromatic N) is 2. The number of hydrogen-bond acceptors (Lipinski definition) is 3. The first-order chi connectivity index (χ1) is 11.0. The first-order valence-electron chi connectivity index (χ1n) is 6.73. The molecule has 0 aliphatic carbocycles. The van der Waals surface area contributed by atoms with Crippen LogP contribution < -0.4 is 9.54 Å². The van der Waals surface area contributed by atoms with E-state index in [0.29, 0.717) is 10.4 Å². The number of aromatic nitrogens is 1. The Morgan fingerprint density at radius 1 is 1.17 bits per heavy atom. The summed E-state index contributed by atoms with van der Waals surface area (Å²) in [7, 11) is 1.84. The molecule has 1 aromatic heterocycles. The molecule has 0 radical (unpaired) electrons. The van der Waals surface area contributed by atoms with Crippen LogP contribution in [-0.4, -0.2) is 17.1 Å². The van der Waals surface area contributed by atoms with Gasteiger partial charge in [0.1, 0.15) is 5.75 Å². The van der Waals surface area contributed by atoms with Crippen molar-refractivity contribution >= 4 is 27.5 Å². The van der Waals surface area contributed by atoms with E-state index >= 15 is 0 Å². The van der Waals surface area contributed by atoms with Gasteiger partial charge in [0.2, 0.25) is 0 Å². The van der Waals surface area contributed by atoms with E-state index in [1.54, 1.807) is 0 Å². The summed E-state index contributed by atoms with van der Waals surface area (Å²) in [4.78, 5) is 16.9. The number of hydrogen-bond donors (Lipinski definition) is 0. The van der Waals surface area contributed by atoms with Gasteiger partial charge < -0.3 is 9.30 Å². The lowest BCUT2D eigenvalue weighted by molar-refractivity contribution is -0.0498. The van der Waals surface area contributed by atoms with Crippen molar-refractivity contribution in [1.82, 2.24) is 4.57 Å². The minimum Gasteiger partial charge on any atom is -0.435 e. The summed E-state index contributed by atoms with van der Waals surface area (Å²) >= 11 is 1.41. The zero-order valence-electron chi connectivity index (χ0n) is 12.1. The smallest absolute Gasteiger partial charge is 0.387 e. The van der Waals surface area contributed by atoms with Gasteiger partial charge in [-0.05, 0) is 36.4 Å². The van der Waals surface area contributed by atoms with E-state index in [2.05, 4.69) is 9.73 Å². The lowest BCUT2D eigenvalue weighted by Crippen LogP contribution is -2.13. The van der Waals surface area contributed by atoms with Crippen LogP contribution in [0.2, 0.25) is 0 Å². The molecule has 118 valence electrons. The molecule has 0 aliphatic heterocycles. The van der Waals surface area contributed by atoms with Crippen molar-refractivity contribution in [2.75, 3.05) is 0 Å². The number of para-hydroxylation sites is 1.